The molecule has 0 radical (unpaired) electrons. The van der Waals surface area contributed by atoms with E-state index < -0.39 is 0 Å². The van der Waals surface area contributed by atoms with Gasteiger partial charge in [-0.25, -0.2) is 0 Å². The Morgan fingerprint density at radius 2 is 2.00 bits per heavy atom. The summed E-state index contributed by atoms with van der Waals surface area (Å²) in [4.78, 5) is 0. The predicted octanol–water partition coefficient (Wildman–Crippen LogP) is 4.08. The van der Waals surface area contributed by atoms with Crippen molar-refractivity contribution in [3.05, 3.63) is 35.6 Å². The van der Waals surface area contributed by atoms with E-state index in [0.29, 0.717) is 0 Å². The zero-order valence-electron chi connectivity index (χ0n) is 11.7. The molecular weight excluding hydrogens is 224 g/mol. The fraction of sp³-hybridized carbons (Fsp3) is 0.500. The fourth-order valence-electron chi connectivity index (χ4n) is 2.10. The molecule has 0 aliphatic carbocycles. The molecule has 0 saturated heterocycles. The molecule has 1 atom stereocenters. The monoisotopic (exact) mass is 246 g/mol. The number of aliphatic hydroxyl groups is 1. The third-order valence-electron chi connectivity index (χ3n) is 3.46. The molecule has 2 rings (SSSR count). The molecule has 1 N–H and O–H groups in total. The molecule has 0 amide bonds. The van der Waals surface area contributed by atoms with Gasteiger partial charge in [0.05, 0.1) is 6.10 Å². The molecule has 1 aromatic heterocycles. The highest BCUT2D eigenvalue weighted by Gasteiger charge is 2.22. The average molecular weight is 246 g/mol. The SMILES string of the molecule is Cc1cccc2cc(CCC(O)C(C)(C)C)oc12. The lowest BCUT2D eigenvalue weighted by molar-refractivity contribution is 0.0549. The van der Waals surface area contributed by atoms with E-state index in [2.05, 4.69) is 45.9 Å². The largest absolute Gasteiger partial charge is 0.461 e. The minimum Gasteiger partial charge on any atom is -0.461 e. The van der Waals surface area contributed by atoms with E-state index >= 15 is 0 Å². The number of fused-ring (bicyclic) bond motifs is 1. The zero-order chi connectivity index (χ0) is 13.3. The van der Waals surface area contributed by atoms with Crippen molar-refractivity contribution in [1.82, 2.24) is 0 Å². The molecular formula is C16H22O2. The normalized spacial score (nSPS) is 14.1. The first-order valence-corrected chi connectivity index (χ1v) is 6.54. The number of para-hydroxylation sites is 1. The Hall–Kier alpha value is -1.28. The van der Waals surface area contributed by atoms with E-state index in [4.69, 9.17) is 4.42 Å². The molecule has 0 saturated carbocycles. The lowest BCUT2D eigenvalue weighted by Gasteiger charge is -2.25. The van der Waals surface area contributed by atoms with Gasteiger partial charge in [0, 0.05) is 11.8 Å². The third-order valence-corrected chi connectivity index (χ3v) is 3.46. The summed E-state index contributed by atoms with van der Waals surface area (Å²) in [6.45, 7) is 8.22. The van der Waals surface area contributed by atoms with Crippen LogP contribution in [-0.4, -0.2) is 11.2 Å². The van der Waals surface area contributed by atoms with E-state index in [1.165, 1.54) is 0 Å². The Balaban J connectivity index is 2.11. The van der Waals surface area contributed by atoms with Crippen molar-refractivity contribution in [3.63, 3.8) is 0 Å². The van der Waals surface area contributed by atoms with Crippen LogP contribution < -0.4 is 0 Å². The number of aryl methyl sites for hydroxylation is 2. The highest BCUT2D eigenvalue weighted by atomic mass is 16.3. The number of benzene rings is 1. The molecule has 2 heteroatoms. The Morgan fingerprint density at radius 3 is 2.61 bits per heavy atom. The molecule has 98 valence electrons. The molecule has 0 bridgehead atoms. The molecule has 2 aromatic rings. The Morgan fingerprint density at radius 1 is 1.28 bits per heavy atom. The number of furan rings is 1. The van der Waals surface area contributed by atoms with Gasteiger partial charge in [-0.3, -0.25) is 0 Å². The average Bonchev–Trinajstić information content (AvgIpc) is 2.69. The predicted molar refractivity (Wildman–Crippen MR) is 74.7 cm³/mol. The molecule has 0 aliphatic heterocycles. The molecule has 2 nitrogen and oxygen atoms in total. The minimum atomic E-state index is -0.299. The van der Waals surface area contributed by atoms with Crippen LogP contribution in [-0.2, 0) is 6.42 Å². The van der Waals surface area contributed by atoms with Crippen LogP contribution in [0.15, 0.2) is 28.7 Å². The van der Waals surface area contributed by atoms with Crippen molar-refractivity contribution >= 4 is 11.0 Å². The summed E-state index contributed by atoms with van der Waals surface area (Å²) in [5.74, 6) is 0.961. The molecule has 1 unspecified atom stereocenters. The molecule has 0 aliphatic rings. The molecule has 1 heterocycles. The van der Waals surface area contributed by atoms with Crippen molar-refractivity contribution in [1.29, 1.82) is 0 Å². The van der Waals surface area contributed by atoms with E-state index in [1.54, 1.807) is 0 Å². The van der Waals surface area contributed by atoms with E-state index in [9.17, 15) is 5.11 Å². The standard InChI is InChI=1S/C16H22O2/c1-11-6-5-7-12-10-13(18-15(11)12)8-9-14(17)16(2,3)4/h5-7,10,14,17H,8-9H2,1-4H3. The van der Waals surface area contributed by atoms with Crippen molar-refractivity contribution in [2.45, 2.75) is 46.6 Å². The lowest BCUT2D eigenvalue weighted by atomic mass is 9.86. The van der Waals surface area contributed by atoms with Gasteiger partial charge >= 0.3 is 0 Å². The topological polar surface area (TPSA) is 33.4 Å². The molecule has 18 heavy (non-hydrogen) atoms. The van der Waals surface area contributed by atoms with Gasteiger partial charge in [-0.1, -0.05) is 39.0 Å². The van der Waals surface area contributed by atoms with Crippen LogP contribution in [0.25, 0.3) is 11.0 Å². The van der Waals surface area contributed by atoms with Crippen molar-refractivity contribution in [2.24, 2.45) is 5.41 Å². The van der Waals surface area contributed by atoms with Crippen LogP contribution >= 0.6 is 0 Å². The van der Waals surface area contributed by atoms with E-state index in [1.807, 2.05) is 6.07 Å². The van der Waals surface area contributed by atoms with Crippen LogP contribution in [0.1, 0.15) is 38.5 Å². The van der Waals surface area contributed by atoms with E-state index in [0.717, 1.165) is 35.1 Å². The van der Waals surface area contributed by atoms with Gasteiger partial charge in [-0.2, -0.15) is 0 Å². The molecule has 0 fully saturated rings. The molecule has 1 aromatic carbocycles. The highest BCUT2D eigenvalue weighted by molar-refractivity contribution is 5.80. The van der Waals surface area contributed by atoms with Crippen LogP contribution in [0, 0.1) is 12.3 Å². The van der Waals surface area contributed by atoms with Crippen LogP contribution in [0.2, 0.25) is 0 Å². The first kappa shape index (κ1) is 13.2. The second-order valence-corrected chi connectivity index (χ2v) is 6.13. The Bertz CT molecular complexity index is 532. The number of hydrogen-bond acceptors (Lipinski definition) is 2. The van der Waals surface area contributed by atoms with E-state index in [-0.39, 0.29) is 11.5 Å². The summed E-state index contributed by atoms with van der Waals surface area (Å²) in [7, 11) is 0. The van der Waals surface area contributed by atoms with Crippen LogP contribution in [0.5, 0.6) is 0 Å². The second kappa shape index (κ2) is 4.77. The summed E-state index contributed by atoms with van der Waals surface area (Å²) in [6, 6.07) is 8.24. The van der Waals surface area contributed by atoms with Gasteiger partial charge in [-0.05, 0) is 30.4 Å². The lowest BCUT2D eigenvalue weighted by Crippen LogP contribution is -2.26. The fourth-order valence-corrected chi connectivity index (χ4v) is 2.10. The highest BCUT2D eigenvalue weighted by Crippen LogP contribution is 2.26. The zero-order valence-corrected chi connectivity index (χ0v) is 11.7. The van der Waals surface area contributed by atoms with Gasteiger partial charge < -0.3 is 9.52 Å². The number of hydrogen-bond donors (Lipinski definition) is 1. The van der Waals surface area contributed by atoms with Gasteiger partial charge in [0.15, 0.2) is 0 Å². The smallest absolute Gasteiger partial charge is 0.137 e. The minimum absolute atomic E-state index is 0.0675. The number of rotatable bonds is 3. The van der Waals surface area contributed by atoms with Crippen molar-refractivity contribution < 1.29 is 9.52 Å². The summed E-state index contributed by atoms with van der Waals surface area (Å²) in [5, 5.41) is 11.2. The first-order valence-electron chi connectivity index (χ1n) is 6.54. The van der Waals surface area contributed by atoms with Gasteiger partial charge in [0.25, 0.3) is 0 Å². The quantitative estimate of drug-likeness (QED) is 0.885. The van der Waals surface area contributed by atoms with Gasteiger partial charge in [0.2, 0.25) is 0 Å². The molecule has 0 spiro atoms. The Kier molecular flexibility index (Phi) is 3.49. The third kappa shape index (κ3) is 2.75. The van der Waals surface area contributed by atoms with Gasteiger partial charge in [0.1, 0.15) is 11.3 Å². The maximum atomic E-state index is 10.0. The van der Waals surface area contributed by atoms with Crippen LogP contribution in [0.3, 0.4) is 0 Å². The first-order chi connectivity index (χ1) is 8.38. The van der Waals surface area contributed by atoms with Crippen LogP contribution in [0.4, 0.5) is 0 Å². The van der Waals surface area contributed by atoms with Crippen molar-refractivity contribution in [3.8, 4) is 0 Å². The summed E-state index contributed by atoms with van der Waals surface area (Å²) in [6.07, 6.45) is 1.22. The van der Waals surface area contributed by atoms with Gasteiger partial charge in [-0.15, -0.1) is 0 Å². The summed E-state index contributed by atoms with van der Waals surface area (Å²) >= 11 is 0. The maximum absolute atomic E-state index is 10.0. The number of aliphatic hydroxyl groups excluding tert-OH is 1. The summed E-state index contributed by atoms with van der Waals surface area (Å²) < 4.78 is 5.85. The van der Waals surface area contributed by atoms with Crippen molar-refractivity contribution in [2.75, 3.05) is 0 Å². The second-order valence-electron chi connectivity index (χ2n) is 6.13. The summed E-state index contributed by atoms with van der Waals surface area (Å²) in [5.41, 5.74) is 2.06. The Labute approximate surface area is 109 Å². The maximum Gasteiger partial charge on any atom is 0.137 e.